The molecule has 2 aliphatic heterocycles. The maximum Gasteiger partial charge on any atom is 0.119 e. The van der Waals surface area contributed by atoms with Crippen LogP contribution in [0.15, 0.2) is 55.1 Å². The van der Waals surface area contributed by atoms with Gasteiger partial charge in [0.15, 0.2) is 0 Å². The van der Waals surface area contributed by atoms with Crippen molar-refractivity contribution in [2.24, 2.45) is 0 Å². The van der Waals surface area contributed by atoms with Gasteiger partial charge in [-0.2, -0.15) is 0 Å². The van der Waals surface area contributed by atoms with E-state index in [1.54, 1.807) is 0 Å². The summed E-state index contributed by atoms with van der Waals surface area (Å²) in [5.74, 6) is 0.984. The third kappa shape index (κ3) is 4.41. The van der Waals surface area contributed by atoms with Gasteiger partial charge in [0.05, 0.1) is 0 Å². The minimum absolute atomic E-state index is 0.351. The second-order valence-corrected chi connectivity index (χ2v) is 7.99. The molecule has 28 heavy (non-hydrogen) atoms. The molecule has 0 aliphatic carbocycles. The van der Waals surface area contributed by atoms with Crippen LogP contribution in [0.25, 0.3) is 16.8 Å². The first kappa shape index (κ1) is 19.1. The molecule has 2 fully saturated rings. The van der Waals surface area contributed by atoms with Crippen molar-refractivity contribution in [1.82, 2.24) is 9.80 Å². The molecule has 0 N–H and O–H groups in total. The van der Waals surface area contributed by atoms with Crippen LogP contribution in [0.1, 0.15) is 38.2 Å². The van der Waals surface area contributed by atoms with Crippen molar-refractivity contribution in [3.63, 3.8) is 0 Å². The lowest BCUT2D eigenvalue weighted by Crippen LogP contribution is -2.37. The second-order valence-electron chi connectivity index (χ2n) is 7.99. The van der Waals surface area contributed by atoms with Crippen LogP contribution in [-0.2, 0) is 0 Å². The molecule has 2 aromatic rings. The summed E-state index contributed by atoms with van der Waals surface area (Å²) in [7, 11) is 0. The molecule has 2 heterocycles. The highest BCUT2D eigenvalue weighted by atomic mass is 16.5. The predicted octanol–water partition coefficient (Wildman–Crippen LogP) is 5.28. The van der Waals surface area contributed by atoms with Gasteiger partial charge in [-0.25, -0.2) is 0 Å². The Morgan fingerprint density at radius 3 is 2.04 bits per heavy atom. The van der Waals surface area contributed by atoms with Crippen LogP contribution in [-0.4, -0.2) is 48.6 Å². The fourth-order valence-electron chi connectivity index (χ4n) is 4.29. The number of hydrogen-bond donors (Lipinski definition) is 0. The summed E-state index contributed by atoms with van der Waals surface area (Å²) >= 11 is 0. The lowest BCUT2D eigenvalue weighted by atomic mass is 10.0. The number of likely N-dealkylation sites (tertiary alicyclic amines) is 2. The van der Waals surface area contributed by atoms with Crippen molar-refractivity contribution in [2.75, 3.05) is 32.7 Å². The Morgan fingerprint density at radius 1 is 0.893 bits per heavy atom. The molecule has 0 unspecified atom stereocenters. The average molecular weight is 377 g/mol. The zero-order valence-corrected chi connectivity index (χ0v) is 17.1. The largest absolute Gasteiger partial charge is 0.490 e. The van der Waals surface area contributed by atoms with Crippen LogP contribution in [0.3, 0.4) is 0 Å². The molecule has 3 heteroatoms. The van der Waals surface area contributed by atoms with E-state index in [0.29, 0.717) is 6.10 Å². The molecule has 0 spiro atoms. The van der Waals surface area contributed by atoms with Crippen molar-refractivity contribution in [3.05, 3.63) is 60.7 Å². The summed E-state index contributed by atoms with van der Waals surface area (Å²) in [5.41, 5.74) is 4.85. The third-order valence-corrected chi connectivity index (χ3v) is 6.18. The fraction of sp³-hybridized carbons (Fsp3) is 0.440. The first-order valence-corrected chi connectivity index (χ1v) is 10.8. The van der Waals surface area contributed by atoms with Crippen LogP contribution in [0.2, 0.25) is 0 Å². The molecule has 0 atom stereocenters. The Bertz CT molecular complexity index is 767. The van der Waals surface area contributed by atoms with E-state index in [0.717, 1.165) is 57.0 Å². The van der Waals surface area contributed by atoms with E-state index >= 15 is 0 Å². The smallest absolute Gasteiger partial charge is 0.119 e. The molecule has 148 valence electrons. The lowest BCUT2D eigenvalue weighted by Gasteiger charge is -2.31. The summed E-state index contributed by atoms with van der Waals surface area (Å²) in [5, 5.41) is 0. The second kappa shape index (κ2) is 8.83. The highest BCUT2D eigenvalue weighted by Gasteiger charge is 2.19. The van der Waals surface area contributed by atoms with E-state index < -0.39 is 0 Å². The Hall–Kier alpha value is -2.26. The minimum atomic E-state index is 0.351. The highest BCUT2D eigenvalue weighted by Crippen LogP contribution is 2.27. The third-order valence-electron chi connectivity index (χ3n) is 6.18. The van der Waals surface area contributed by atoms with E-state index in [4.69, 9.17) is 4.74 Å². The molecular weight excluding hydrogens is 344 g/mol. The van der Waals surface area contributed by atoms with E-state index in [1.165, 1.54) is 29.5 Å². The number of ether oxygens (including phenoxy) is 1. The molecule has 0 aromatic heterocycles. The Labute approximate surface area is 169 Å². The van der Waals surface area contributed by atoms with Gasteiger partial charge < -0.3 is 14.5 Å². The quantitative estimate of drug-likeness (QED) is 0.682. The zero-order valence-electron chi connectivity index (χ0n) is 17.1. The van der Waals surface area contributed by atoms with Gasteiger partial charge in [0.2, 0.25) is 0 Å². The van der Waals surface area contributed by atoms with Crippen molar-refractivity contribution in [2.45, 2.75) is 38.7 Å². The summed E-state index contributed by atoms with van der Waals surface area (Å²) in [6, 6.07) is 17.3. The van der Waals surface area contributed by atoms with Gasteiger partial charge in [-0.3, -0.25) is 0 Å². The highest BCUT2D eigenvalue weighted by molar-refractivity contribution is 5.69. The molecule has 0 saturated carbocycles. The maximum atomic E-state index is 6.20. The molecular formula is C25H32N2O. The Balaban J connectivity index is 1.36. The lowest BCUT2D eigenvalue weighted by molar-refractivity contribution is 0.104. The summed E-state index contributed by atoms with van der Waals surface area (Å²) in [4.78, 5) is 4.89. The standard InChI is InChI=1S/C25H32N2O/c1-3-26-18-14-25(15-19-26)28-24-12-10-23(11-13-24)22-8-6-21(7-9-22)20(2)27-16-4-5-17-27/h6-13,25H,2-5,14-19H2,1H3. The van der Waals surface area contributed by atoms with Gasteiger partial charge in [-0.1, -0.05) is 49.9 Å². The van der Waals surface area contributed by atoms with Gasteiger partial charge in [0, 0.05) is 31.9 Å². The van der Waals surface area contributed by atoms with E-state index in [1.807, 2.05) is 0 Å². The first-order chi connectivity index (χ1) is 13.7. The molecule has 0 amide bonds. The molecule has 0 radical (unpaired) electrons. The first-order valence-electron chi connectivity index (χ1n) is 10.8. The van der Waals surface area contributed by atoms with Crippen molar-refractivity contribution in [1.29, 1.82) is 0 Å². The van der Waals surface area contributed by atoms with Crippen molar-refractivity contribution in [3.8, 4) is 16.9 Å². The average Bonchev–Trinajstić information content (AvgIpc) is 3.29. The summed E-state index contributed by atoms with van der Waals surface area (Å²) < 4.78 is 6.20. The van der Waals surface area contributed by atoms with Crippen molar-refractivity contribution >= 4 is 5.70 Å². The molecule has 4 rings (SSSR count). The molecule has 0 bridgehead atoms. The fourth-order valence-corrected chi connectivity index (χ4v) is 4.29. The predicted molar refractivity (Wildman–Crippen MR) is 117 cm³/mol. The molecule has 3 nitrogen and oxygen atoms in total. The number of rotatable bonds is 6. The zero-order chi connectivity index (χ0) is 19.3. The van der Waals surface area contributed by atoms with Crippen LogP contribution >= 0.6 is 0 Å². The Kier molecular flexibility index (Phi) is 6.01. The van der Waals surface area contributed by atoms with Gasteiger partial charge in [0.25, 0.3) is 0 Å². The van der Waals surface area contributed by atoms with Crippen LogP contribution in [0.4, 0.5) is 0 Å². The van der Waals surface area contributed by atoms with Gasteiger partial charge >= 0.3 is 0 Å². The number of hydrogen-bond acceptors (Lipinski definition) is 3. The summed E-state index contributed by atoms with van der Waals surface area (Å²) in [6.45, 7) is 12.2. The van der Waals surface area contributed by atoms with Crippen LogP contribution in [0, 0.1) is 0 Å². The topological polar surface area (TPSA) is 15.7 Å². The molecule has 2 aliphatic rings. The molecule has 2 saturated heterocycles. The maximum absolute atomic E-state index is 6.20. The van der Waals surface area contributed by atoms with Crippen LogP contribution < -0.4 is 4.74 Å². The summed E-state index contributed by atoms with van der Waals surface area (Å²) in [6.07, 6.45) is 5.16. The molecule has 2 aromatic carbocycles. The minimum Gasteiger partial charge on any atom is -0.490 e. The number of benzene rings is 2. The monoisotopic (exact) mass is 376 g/mol. The Morgan fingerprint density at radius 2 is 1.46 bits per heavy atom. The van der Waals surface area contributed by atoms with E-state index in [-0.39, 0.29) is 0 Å². The van der Waals surface area contributed by atoms with Crippen molar-refractivity contribution < 1.29 is 4.74 Å². The van der Waals surface area contributed by atoms with E-state index in [9.17, 15) is 0 Å². The number of nitrogens with zero attached hydrogens (tertiary/aromatic N) is 2. The van der Waals surface area contributed by atoms with Gasteiger partial charge in [0.1, 0.15) is 11.9 Å². The normalized spacial score (nSPS) is 18.4. The van der Waals surface area contributed by atoms with Gasteiger partial charge in [-0.05, 0) is 61.1 Å². The number of piperidine rings is 1. The van der Waals surface area contributed by atoms with E-state index in [2.05, 4.69) is 71.8 Å². The van der Waals surface area contributed by atoms with Gasteiger partial charge in [-0.15, -0.1) is 0 Å². The van der Waals surface area contributed by atoms with Crippen LogP contribution in [0.5, 0.6) is 5.75 Å². The SMILES string of the molecule is C=C(c1ccc(-c2ccc(OC3CCN(CC)CC3)cc2)cc1)N1CCCC1.